The summed E-state index contributed by atoms with van der Waals surface area (Å²) < 4.78 is 0. The third kappa shape index (κ3) is 3.41. The smallest absolute Gasteiger partial charge is 0.150 e. The third-order valence-corrected chi connectivity index (χ3v) is 3.16. The molecular weight excluding hydrogens is 222 g/mol. The molecule has 0 aromatic heterocycles. The molecule has 0 aliphatic carbocycles. The fraction of sp³-hybridized carbons (Fsp3) is 0.312. The first-order valence-corrected chi connectivity index (χ1v) is 6.55. The van der Waals surface area contributed by atoms with E-state index in [-0.39, 0.29) is 0 Å². The van der Waals surface area contributed by atoms with Gasteiger partial charge in [-0.3, -0.25) is 4.79 Å². The Hall–Kier alpha value is -1.67. The highest BCUT2D eigenvalue weighted by Gasteiger charge is 1.96. The molecule has 0 spiro atoms. The highest BCUT2D eigenvalue weighted by Crippen LogP contribution is 2.16. The number of benzene rings is 2. The summed E-state index contributed by atoms with van der Waals surface area (Å²) in [6, 6.07) is 13.6. The molecule has 1 heterocycles. The van der Waals surface area contributed by atoms with Crippen LogP contribution in [0.25, 0.3) is 10.8 Å². The largest absolute Gasteiger partial charge is 0.317 e. The van der Waals surface area contributed by atoms with E-state index in [9.17, 15) is 4.79 Å². The minimum Gasteiger partial charge on any atom is -0.317 e. The van der Waals surface area contributed by atoms with E-state index in [4.69, 9.17) is 0 Å². The van der Waals surface area contributed by atoms with E-state index in [1.807, 2.05) is 42.5 Å². The number of rotatable bonds is 1. The van der Waals surface area contributed by atoms with Gasteiger partial charge in [0.05, 0.1) is 0 Å². The molecule has 1 N–H and O–H groups in total. The topological polar surface area (TPSA) is 29.1 Å². The minimum absolute atomic E-state index is 0.758. The van der Waals surface area contributed by atoms with Gasteiger partial charge in [0, 0.05) is 5.56 Å². The van der Waals surface area contributed by atoms with Crippen LogP contribution in [0, 0.1) is 0 Å². The Morgan fingerprint density at radius 1 is 0.889 bits per heavy atom. The Morgan fingerprint density at radius 2 is 1.61 bits per heavy atom. The maximum Gasteiger partial charge on any atom is 0.150 e. The molecule has 1 fully saturated rings. The molecule has 0 atom stereocenters. The Labute approximate surface area is 108 Å². The molecule has 1 aliphatic rings. The number of piperidine rings is 1. The average Bonchev–Trinajstić information content (AvgIpc) is 2.49. The second-order valence-corrected chi connectivity index (χ2v) is 4.50. The van der Waals surface area contributed by atoms with Crippen molar-refractivity contribution in [3.8, 4) is 0 Å². The van der Waals surface area contributed by atoms with E-state index in [1.54, 1.807) is 0 Å². The number of nitrogens with one attached hydrogen (secondary N) is 1. The lowest BCUT2D eigenvalue weighted by molar-refractivity contribution is 0.112. The van der Waals surface area contributed by atoms with Crippen molar-refractivity contribution in [1.82, 2.24) is 5.32 Å². The van der Waals surface area contributed by atoms with Gasteiger partial charge in [-0.2, -0.15) is 0 Å². The molecule has 0 bridgehead atoms. The van der Waals surface area contributed by atoms with E-state index in [0.717, 1.165) is 22.6 Å². The summed E-state index contributed by atoms with van der Waals surface area (Å²) in [6.07, 6.45) is 5.11. The highest BCUT2D eigenvalue weighted by atomic mass is 16.1. The maximum absolute atomic E-state index is 10.6. The van der Waals surface area contributed by atoms with Gasteiger partial charge in [0.25, 0.3) is 0 Å². The van der Waals surface area contributed by atoms with Gasteiger partial charge < -0.3 is 5.32 Å². The van der Waals surface area contributed by atoms with E-state index in [0.29, 0.717) is 0 Å². The molecule has 2 aromatic carbocycles. The lowest BCUT2D eigenvalue weighted by atomic mass is 10.1. The van der Waals surface area contributed by atoms with E-state index >= 15 is 0 Å². The molecule has 0 saturated carbocycles. The molecule has 2 aromatic rings. The van der Waals surface area contributed by atoms with Gasteiger partial charge in [-0.25, -0.2) is 0 Å². The fourth-order valence-electron chi connectivity index (χ4n) is 2.16. The molecule has 94 valence electrons. The van der Waals surface area contributed by atoms with Crippen LogP contribution in [-0.2, 0) is 0 Å². The van der Waals surface area contributed by atoms with Crippen LogP contribution in [0.2, 0.25) is 0 Å². The summed E-state index contributed by atoms with van der Waals surface area (Å²) in [5.74, 6) is 0. The van der Waals surface area contributed by atoms with Crippen molar-refractivity contribution in [2.75, 3.05) is 13.1 Å². The van der Waals surface area contributed by atoms with Gasteiger partial charge in [-0.1, -0.05) is 48.9 Å². The van der Waals surface area contributed by atoms with Crippen LogP contribution in [-0.4, -0.2) is 19.4 Å². The van der Waals surface area contributed by atoms with Gasteiger partial charge in [0.1, 0.15) is 0 Å². The van der Waals surface area contributed by atoms with Crippen LogP contribution >= 0.6 is 0 Å². The Balaban J connectivity index is 0.000000169. The molecule has 3 rings (SSSR count). The number of carbonyl (C=O) groups is 1. The minimum atomic E-state index is 0.758. The standard InChI is InChI=1S/C11H8O.C5H11N/c12-8-10-6-3-5-9-4-1-2-7-11(9)10;1-2-4-6-5-3-1/h1-8H;6H,1-5H2. The van der Waals surface area contributed by atoms with E-state index < -0.39 is 0 Å². The van der Waals surface area contributed by atoms with Crippen molar-refractivity contribution >= 4 is 17.1 Å². The molecule has 0 unspecified atom stereocenters. The number of fused-ring (bicyclic) bond motifs is 1. The normalized spacial score (nSPS) is 14.7. The fourth-order valence-corrected chi connectivity index (χ4v) is 2.16. The third-order valence-electron chi connectivity index (χ3n) is 3.16. The van der Waals surface area contributed by atoms with Crippen LogP contribution in [0.4, 0.5) is 0 Å². The molecule has 2 nitrogen and oxygen atoms in total. The van der Waals surface area contributed by atoms with Crippen molar-refractivity contribution in [2.24, 2.45) is 0 Å². The second-order valence-electron chi connectivity index (χ2n) is 4.50. The van der Waals surface area contributed by atoms with Crippen LogP contribution < -0.4 is 5.32 Å². The first-order chi connectivity index (χ1) is 8.92. The Morgan fingerprint density at radius 3 is 2.22 bits per heavy atom. The van der Waals surface area contributed by atoms with Gasteiger partial charge >= 0.3 is 0 Å². The van der Waals surface area contributed by atoms with Crippen LogP contribution in [0.15, 0.2) is 42.5 Å². The summed E-state index contributed by atoms with van der Waals surface area (Å²) in [6.45, 7) is 2.50. The summed E-state index contributed by atoms with van der Waals surface area (Å²) in [5, 5.41) is 5.42. The lowest BCUT2D eigenvalue weighted by Crippen LogP contribution is -2.21. The van der Waals surface area contributed by atoms with E-state index in [2.05, 4.69) is 5.32 Å². The second kappa shape index (κ2) is 6.92. The number of carbonyl (C=O) groups excluding carboxylic acids is 1. The molecule has 1 saturated heterocycles. The van der Waals surface area contributed by atoms with Crippen molar-refractivity contribution in [3.63, 3.8) is 0 Å². The number of aldehydes is 1. The average molecular weight is 241 g/mol. The molecule has 0 radical (unpaired) electrons. The maximum atomic E-state index is 10.6. The zero-order valence-corrected chi connectivity index (χ0v) is 10.6. The predicted octanol–water partition coefficient (Wildman–Crippen LogP) is 3.41. The van der Waals surface area contributed by atoms with Crippen molar-refractivity contribution < 1.29 is 4.79 Å². The molecule has 1 aliphatic heterocycles. The Bertz CT molecular complexity index is 486. The summed E-state index contributed by atoms with van der Waals surface area (Å²) in [4.78, 5) is 10.6. The summed E-state index contributed by atoms with van der Waals surface area (Å²) >= 11 is 0. The van der Waals surface area contributed by atoms with Crippen LogP contribution in [0.3, 0.4) is 0 Å². The SMILES string of the molecule is C1CCNCC1.O=Cc1cccc2ccccc12. The van der Waals surface area contributed by atoms with Gasteiger partial charge in [0.2, 0.25) is 0 Å². The molecule has 0 amide bonds. The molecule has 2 heteroatoms. The zero-order valence-electron chi connectivity index (χ0n) is 10.6. The summed E-state index contributed by atoms with van der Waals surface area (Å²) in [5.41, 5.74) is 0.758. The van der Waals surface area contributed by atoms with Crippen LogP contribution in [0.1, 0.15) is 29.6 Å². The first-order valence-electron chi connectivity index (χ1n) is 6.55. The number of hydrogen-bond donors (Lipinski definition) is 1. The Kier molecular flexibility index (Phi) is 4.91. The van der Waals surface area contributed by atoms with Crippen molar-refractivity contribution in [1.29, 1.82) is 0 Å². The van der Waals surface area contributed by atoms with Crippen LogP contribution in [0.5, 0.6) is 0 Å². The lowest BCUT2D eigenvalue weighted by Gasteiger charge is -2.08. The van der Waals surface area contributed by atoms with Crippen molar-refractivity contribution in [3.05, 3.63) is 48.0 Å². The van der Waals surface area contributed by atoms with Gasteiger partial charge in [0.15, 0.2) is 6.29 Å². The van der Waals surface area contributed by atoms with Gasteiger partial charge in [-0.05, 0) is 36.7 Å². The van der Waals surface area contributed by atoms with E-state index in [1.165, 1.54) is 32.4 Å². The quantitative estimate of drug-likeness (QED) is 0.775. The zero-order chi connectivity index (χ0) is 12.6. The first kappa shape index (κ1) is 12.8. The molecular formula is C16H19NO. The van der Waals surface area contributed by atoms with Crippen molar-refractivity contribution in [2.45, 2.75) is 19.3 Å². The predicted molar refractivity (Wildman–Crippen MR) is 76.1 cm³/mol. The monoisotopic (exact) mass is 241 g/mol. The summed E-state index contributed by atoms with van der Waals surface area (Å²) in [7, 11) is 0. The van der Waals surface area contributed by atoms with Gasteiger partial charge in [-0.15, -0.1) is 0 Å². The highest BCUT2D eigenvalue weighted by molar-refractivity contribution is 5.97. The number of hydrogen-bond acceptors (Lipinski definition) is 2. The molecule has 18 heavy (non-hydrogen) atoms.